The molecule has 0 radical (unpaired) electrons. The van der Waals surface area contributed by atoms with Gasteiger partial charge in [-0.3, -0.25) is 14.8 Å². The molecule has 0 saturated heterocycles. The van der Waals surface area contributed by atoms with Gasteiger partial charge in [0.15, 0.2) is 0 Å². The van der Waals surface area contributed by atoms with Crippen LogP contribution in [0.1, 0.15) is 17.2 Å². The number of aryl methyl sites for hydroxylation is 1. The zero-order chi connectivity index (χ0) is 15.6. The van der Waals surface area contributed by atoms with E-state index in [2.05, 4.69) is 5.10 Å². The SMILES string of the molecule is Cn1nccc1C(C(=O)NC(F)(F)F)c1ccc(F)cc1. The largest absolute Gasteiger partial charge is 0.484 e. The van der Waals surface area contributed by atoms with Crippen LogP contribution in [0.15, 0.2) is 36.5 Å². The van der Waals surface area contributed by atoms with E-state index < -0.39 is 23.9 Å². The monoisotopic (exact) mass is 301 g/mol. The van der Waals surface area contributed by atoms with Crippen molar-refractivity contribution in [1.29, 1.82) is 0 Å². The Kier molecular flexibility index (Phi) is 3.97. The van der Waals surface area contributed by atoms with Gasteiger partial charge in [-0.1, -0.05) is 12.1 Å². The second-order valence-electron chi connectivity index (χ2n) is 4.35. The van der Waals surface area contributed by atoms with E-state index in [1.54, 1.807) is 0 Å². The molecule has 2 rings (SSSR count). The molecule has 1 amide bonds. The summed E-state index contributed by atoms with van der Waals surface area (Å²) in [6.07, 6.45) is -3.47. The Balaban J connectivity index is 2.42. The molecular formula is C13H11F4N3O. The van der Waals surface area contributed by atoms with Gasteiger partial charge in [-0.2, -0.15) is 18.3 Å². The second kappa shape index (κ2) is 5.55. The summed E-state index contributed by atoms with van der Waals surface area (Å²) in [4.78, 5) is 11.9. The molecule has 1 N–H and O–H groups in total. The van der Waals surface area contributed by atoms with E-state index in [0.717, 1.165) is 17.4 Å². The molecule has 1 aromatic carbocycles. The van der Waals surface area contributed by atoms with E-state index in [0.29, 0.717) is 0 Å². The van der Waals surface area contributed by atoms with Gasteiger partial charge in [0, 0.05) is 13.2 Å². The third-order valence-corrected chi connectivity index (χ3v) is 2.89. The highest BCUT2D eigenvalue weighted by molar-refractivity contribution is 5.86. The maximum Gasteiger partial charge on any atom is 0.484 e. The van der Waals surface area contributed by atoms with Crippen molar-refractivity contribution < 1.29 is 22.4 Å². The average Bonchev–Trinajstić information content (AvgIpc) is 2.76. The van der Waals surface area contributed by atoms with Gasteiger partial charge in [0.05, 0.1) is 5.69 Å². The quantitative estimate of drug-likeness (QED) is 0.698. The molecule has 0 bridgehead atoms. The third kappa shape index (κ3) is 3.59. The number of rotatable bonds is 3. The summed E-state index contributed by atoms with van der Waals surface area (Å²) in [5.41, 5.74) is 0.505. The van der Waals surface area contributed by atoms with Crippen molar-refractivity contribution >= 4 is 5.91 Å². The van der Waals surface area contributed by atoms with Crippen LogP contribution in [0.25, 0.3) is 0 Å². The molecule has 1 heterocycles. The van der Waals surface area contributed by atoms with Gasteiger partial charge < -0.3 is 0 Å². The van der Waals surface area contributed by atoms with Crippen LogP contribution in [-0.4, -0.2) is 22.0 Å². The summed E-state index contributed by atoms with van der Waals surface area (Å²) in [6.45, 7) is 0. The van der Waals surface area contributed by atoms with Crippen LogP contribution >= 0.6 is 0 Å². The molecule has 0 saturated carbocycles. The second-order valence-corrected chi connectivity index (χ2v) is 4.35. The highest BCUT2D eigenvalue weighted by Crippen LogP contribution is 2.26. The molecule has 1 unspecified atom stereocenters. The minimum atomic E-state index is -4.84. The number of carbonyl (C=O) groups excluding carboxylic acids is 1. The smallest absolute Gasteiger partial charge is 0.274 e. The Morgan fingerprint density at radius 1 is 1.24 bits per heavy atom. The summed E-state index contributed by atoms with van der Waals surface area (Å²) in [5.74, 6) is -3.03. The van der Waals surface area contributed by atoms with E-state index in [1.807, 2.05) is 0 Å². The lowest BCUT2D eigenvalue weighted by Gasteiger charge is -2.18. The molecule has 112 valence electrons. The maximum atomic E-state index is 12.9. The summed E-state index contributed by atoms with van der Waals surface area (Å²) in [7, 11) is 1.51. The lowest BCUT2D eigenvalue weighted by atomic mass is 9.94. The zero-order valence-electron chi connectivity index (χ0n) is 10.9. The van der Waals surface area contributed by atoms with Gasteiger partial charge in [-0.15, -0.1) is 0 Å². The highest BCUT2D eigenvalue weighted by Gasteiger charge is 2.35. The van der Waals surface area contributed by atoms with Gasteiger partial charge in [0.25, 0.3) is 0 Å². The fourth-order valence-electron chi connectivity index (χ4n) is 1.99. The van der Waals surface area contributed by atoms with Gasteiger partial charge >= 0.3 is 6.30 Å². The zero-order valence-corrected chi connectivity index (χ0v) is 10.9. The lowest BCUT2D eigenvalue weighted by Crippen LogP contribution is -2.41. The number of nitrogens with zero attached hydrogens (tertiary/aromatic N) is 2. The van der Waals surface area contributed by atoms with Crippen LogP contribution in [0.2, 0.25) is 0 Å². The molecule has 1 aromatic heterocycles. The molecule has 0 aliphatic heterocycles. The number of nitrogens with one attached hydrogen (secondary N) is 1. The normalized spacial score (nSPS) is 13.0. The van der Waals surface area contributed by atoms with Crippen molar-refractivity contribution in [1.82, 2.24) is 15.1 Å². The molecule has 0 aliphatic rings. The topological polar surface area (TPSA) is 46.9 Å². The Hall–Kier alpha value is -2.38. The van der Waals surface area contributed by atoms with E-state index in [1.165, 1.54) is 36.1 Å². The molecule has 4 nitrogen and oxygen atoms in total. The van der Waals surface area contributed by atoms with Gasteiger partial charge in [0.1, 0.15) is 11.7 Å². The average molecular weight is 301 g/mol. The van der Waals surface area contributed by atoms with Crippen LogP contribution in [0, 0.1) is 5.82 Å². The number of hydrogen-bond acceptors (Lipinski definition) is 2. The van der Waals surface area contributed by atoms with E-state index in [4.69, 9.17) is 0 Å². The molecule has 1 atom stereocenters. The fraction of sp³-hybridized carbons (Fsp3) is 0.231. The van der Waals surface area contributed by atoms with E-state index in [9.17, 15) is 22.4 Å². The minimum Gasteiger partial charge on any atom is -0.274 e. The van der Waals surface area contributed by atoms with Crippen molar-refractivity contribution in [2.75, 3.05) is 0 Å². The van der Waals surface area contributed by atoms with Crippen LogP contribution in [0.5, 0.6) is 0 Å². The summed E-state index contributed by atoms with van der Waals surface area (Å²) >= 11 is 0. The van der Waals surface area contributed by atoms with E-state index in [-0.39, 0.29) is 11.3 Å². The summed E-state index contributed by atoms with van der Waals surface area (Å²) < 4.78 is 51.4. The van der Waals surface area contributed by atoms with Crippen molar-refractivity contribution in [2.45, 2.75) is 12.2 Å². The molecule has 21 heavy (non-hydrogen) atoms. The maximum absolute atomic E-state index is 12.9. The first-order valence-electron chi connectivity index (χ1n) is 5.90. The van der Waals surface area contributed by atoms with Crippen LogP contribution in [-0.2, 0) is 11.8 Å². The summed E-state index contributed by atoms with van der Waals surface area (Å²) in [6, 6.07) is 6.13. The predicted molar refractivity (Wildman–Crippen MR) is 65.6 cm³/mol. The van der Waals surface area contributed by atoms with Gasteiger partial charge in [-0.05, 0) is 23.8 Å². The predicted octanol–water partition coefficient (Wildman–Crippen LogP) is 2.33. The number of alkyl halides is 3. The van der Waals surface area contributed by atoms with Crippen molar-refractivity contribution in [3.63, 3.8) is 0 Å². The minimum absolute atomic E-state index is 0.238. The molecule has 8 heteroatoms. The van der Waals surface area contributed by atoms with Crippen LogP contribution < -0.4 is 5.32 Å². The Morgan fingerprint density at radius 2 is 1.86 bits per heavy atom. The first-order chi connectivity index (χ1) is 9.78. The summed E-state index contributed by atoms with van der Waals surface area (Å²) in [5, 5.41) is 4.81. The lowest BCUT2D eigenvalue weighted by molar-refractivity contribution is -0.170. The Bertz CT molecular complexity index is 634. The Morgan fingerprint density at radius 3 is 2.33 bits per heavy atom. The van der Waals surface area contributed by atoms with Crippen molar-refractivity contribution in [2.24, 2.45) is 7.05 Å². The Labute approximate surface area is 117 Å². The molecule has 0 spiro atoms. The fourth-order valence-corrected chi connectivity index (χ4v) is 1.99. The number of benzene rings is 1. The van der Waals surface area contributed by atoms with Crippen LogP contribution in [0.3, 0.4) is 0 Å². The molecular weight excluding hydrogens is 290 g/mol. The molecule has 0 aliphatic carbocycles. The number of aromatic nitrogens is 2. The van der Waals surface area contributed by atoms with Gasteiger partial charge in [-0.25, -0.2) is 4.39 Å². The van der Waals surface area contributed by atoms with Crippen LogP contribution in [0.4, 0.5) is 17.6 Å². The van der Waals surface area contributed by atoms with Crippen molar-refractivity contribution in [3.8, 4) is 0 Å². The first-order valence-corrected chi connectivity index (χ1v) is 5.90. The highest BCUT2D eigenvalue weighted by atomic mass is 19.4. The number of hydrogen-bond donors (Lipinski definition) is 1. The molecule has 2 aromatic rings. The number of halogens is 4. The number of carbonyl (C=O) groups is 1. The van der Waals surface area contributed by atoms with Crippen molar-refractivity contribution in [3.05, 3.63) is 53.6 Å². The van der Waals surface area contributed by atoms with E-state index >= 15 is 0 Å². The third-order valence-electron chi connectivity index (χ3n) is 2.89. The first kappa shape index (κ1) is 15.0. The standard InChI is InChI=1S/C13H11F4N3O/c1-20-10(6-7-18-20)11(12(21)19-13(15,16)17)8-2-4-9(14)5-3-8/h2-7,11H,1H3,(H,19,21). The number of amides is 1. The van der Waals surface area contributed by atoms with Gasteiger partial charge in [0.2, 0.25) is 5.91 Å². The molecule has 0 fully saturated rings.